The molecule has 5 heteroatoms. The first kappa shape index (κ1) is 21.1. The number of carbonyl (C=O) groups is 1. The number of Topliss-reactive ketones (excluding diaryl/α,β-unsaturated/α-hetero) is 1. The molecule has 0 aliphatic heterocycles. The molecule has 0 atom stereocenters. The molecule has 31 heavy (non-hydrogen) atoms. The first-order chi connectivity index (χ1) is 14.9. The van der Waals surface area contributed by atoms with E-state index in [0.29, 0.717) is 16.5 Å². The predicted molar refractivity (Wildman–Crippen MR) is 127 cm³/mol. The van der Waals surface area contributed by atoms with E-state index in [1.807, 2.05) is 65.2 Å². The van der Waals surface area contributed by atoms with Crippen LogP contribution >= 0.6 is 11.8 Å². The molecule has 0 saturated heterocycles. The zero-order valence-corrected chi connectivity index (χ0v) is 18.8. The van der Waals surface area contributed by atoms with Crippen molar-refractivity contribution in [3.63, 3.8) is 0 Å². The van der Waals surface area contributed by atoms with Crippen LogP contribution < -0.4 is 0 Å². The Morgan fingerprint density at radius 1 is 0.839 bits per heavy atom. The van der Waals surface area contributed by atoms with Crippen LogP contribution in [0.2, 0.25) is 0 Å². The Balaban J connectivity index is 1.67. The molecule has 0 aliphatic rings. The Morgan fingerprint density at radius 3 is 2.06 bits per heavy atom. The van der Waals surface area contributed by atoms with E-state index in [0.717, 1.165) is 17.1 Å². The largest absolute Gasteiger partial charge is 0.293 e. The quantitative estimate of drug-likeness (QED) is 0.271. The highest BCUT2D eigenvalue weighted by Gasteiger charge is 2.19. The number of benzene rings is 3. The molecule has 1 aromatic heterocycles. The van der Waals surface area contributed by atoms with Gasteiger partial charge in [0, 0.05) is 16.8 Å². The van der Waals surface area contributed by atoms with Gasteiger partial charge in [0.1, 0.15) is 0 Å². The van der Waals surface area contributed by atoms with Gasteiger partial charge >= 0.3 is 0 Å². The first-order valence-corrected chi connectivity index (χ1v) is 11.2. The fourth-order valence-electron chi connectivity index (χ4n) is 3.32. The van der Waals surface area contributed by atoms with Crippen LogP contribution in [-0.2, 0) is 5.41 Å². The van der Waals surface area contributed by atoms with Crippen molar-refractivity contribution in [3.05, 3.63) is 96.1 Å². The van der Waals surface area contributed by atoms with Crippen LogP contribution in [0.4, 0.5) is 0 Å². The summed E-state index contributed by atoms with van der Waals surface area (Å²) in [6.45, 7) is 6.60. The molecule has 0 spiro atoms. The SMILES string of the molecule is CC(C)(C)c1ccc(-c2nnc(SCC(=O)c3ccccc3)n2-c2ccccc2)cc1. The van der Waals surface area contributed by atoms with E-state index in [-0.39, 0.29) is 11.2 Å². The van der Waals surface area contributed by atoms with Crippen LogP contribution in [0.25, 0.3) is 17.1 Å². The molecule has 0 fully saturated rings. The van der Waals surface area contributed by atoms with E-state index in [2.05, 4.69) is 55.2 Å². The van der Waals surface area contributed by atoms with Crippen molar-refractivity contribution in [1.82, 2.24) is 14.8 Å². The summed E-state index contributed by atoms with van der Waals surface area (Å²) < 4.78 is 2.02. The highest BCUT2D eigenvalue weighted by molar-refractivity contribution is 7.99. The maximum atomic E-state index is 12.6. The number of nitrogens with zero attached hydrogens (tertiary/aromatic N) is 3. The summed E-state index contributed by atoms with van der Waals surface area (Å²) in [6.07, 6.45) is 0. The molecule has 0 amide bonds. The number of hydrogen-bond acceptors (Lipinski definition) is 4. The third kappa shape index (κ3) is 4.78. The Labute approximate surface area is 187 Å². The number of carbonyl (C=O) groups excluding carboxylic acids is 1. The van der Waals surface area contributed by atoms with Crippen molar-refractivity contribution in [2.75, 3.05) is 5.75 Å². The minimum atomic E-state index is 0.0734. The lowest BCUT2D eigenvalue weighted by molar-refractivity contribution is 0.102. The molecule has 0 N–H and O–H groups in total. The van der Waals surface area contributed by atoms with Gasteiger partial charge in [-0.15, -0.1) is 10.2 Å². The molecule has 0 aliphatic carbocycles. The van der Waals surface area contributed by atoms with Crippen molar-refractivity contribution in [2.24, 2.45) is 0 Å². The van der Waals surface area contributed by atoms with Crippen molar-refractivity contribution in [3.8, 4) is 17.1 Å². The monoisotopic (exact) mass is 427 g/mol. The van der Waals surface area contributed by atoms with Gasteiger partial charge in [-0.25, -0.2) is 0 Å². The highest BCUT2D eigenvalue weighted by Crippen LogP contribution is 2.30. The molecule has 4 rings (SSSR count). The van der Waals surface area contributed by atoms with E-state index in [1.165, 1.54) is 17.3 Å². The predicted octanol–water partition coefficient (Wildman–Crippen LogP) is 6.21. The van der Waals surface area contributed by atoms with Gasteiger partial charge in [-0.1, -0.05) is 105 Å². The van der Waals surface area contributed by atoms with Gasteiger partial charge < -0.3 is 0 Å². The second-order valence-corrected chi connectivity index (χ2v) is 9.32. The zero-order valence-electron chi connectivity index (χ0n) is 17.9. The van der Waals surface area contributed by atoms with Crippen LogP contribution in [-0.4, -0.2) is 26.3 Å². The van der Waals surface area contributed by atoms with E-state index >= 15 is 0 Å². The van der Waals surface area contributed by atoms with Crippen molar-refractivity contribution in [1.29, 1.82) is 0 Å². The molecule has 4 aromatic rings. The average Bonchev–Trinajstić information content (AvgIpc) is 3.22. The van der Waals surface area contributed by atoms with Gasteiger partial charge in [0.2, 0.25) is 0 Å². The Hall–Kier alpha value is -3.18. The summed E-state index contributed by atoms with van der Waals surface area (Å²) in [5, 5.41) is 9.61. The van der Waals surface area contributed by atoms with Crippen LogP contribution in [0.3, 0.4) is 0 Å². The highest BCUT2D eigenvalue weighted by atomic mass is 32.2. The van der Waals surface area contributed by atoms with Crippen LogP contribution in [0.5, 0.6) is 0 Å². The summed E-state index contributed by atoms with van der Waals surface area (Å²) >= 11 is 1.41. The van der Waals surface area contributed by atoms with Gasteiger partial charge in [0.15, 0.2) is 16.8 Å². The van der Waals surface area contributed by atoms with Gasteiger partial charge in [-0.05, 0) is 23.1 Å². The number of rotatable bonds is 6. The molecule has 0 saturated carbocycles. The molecular weight excluding hydrogens is 402 g/mol. The minimum Gasteiger partial charge on any atom is -0.293 e. The van der Waals surface area contributed by atoms with Crippen molar-refractivity contribution < 1.29 is 4.79 Å². The molecule has 1 heterocycles. The number of thioether (sulfide) groups is 1. The molecule has 0 bridgehead atoms. The average molecular weight is 428 g/mol. The lowest BCUT2D eigenvalue weighted by Gasteiger charge is -2.19. The number of hydrogen-bond donors (Lipinski definition) is 0. The second-order valence-electron chi connectivity index (χ2n) is 8.38. The third-order valence-electron chi connectivity index (χ3n) is 5.09. The van der Waals surface area contributed by atoms with E-state index in [4.69, 9.17) is 0 Å². The number of ketones is 1. The Kier molecular flexibility index (Phi) is 6.05. The fourth-order valence-corrected chi connectivity index (χ4v) is 4.16. The summed E-state index contributed by atoms with van der Waals surface area (Å²) in [5.41, 5.74) is 4.02. The molecule has 0 radical (unpaired) electrons. The Bertz CT molecular complexity index is 1160. The van der Waals surface area contributed by atoms with Crippen LogP contribution in [0.15, 0.2) is 90.1 Å². The molecule has 3 aromatic carbocycles. The second kappa shape index (κ2) is 8.90. The summed E-state index contributed by atoms with van der Waals surface area (Å²) in [4.78, 5) is 12.6. The maximum Gasteiger partial charge on any atom is 0.196 e. The van der Waals surface area contributed by atoms with Gasteiger partial charge in [-0.3, -0.25) is 9.36 Å². The van der Waals surface area contributed by atoms with Crippen LogP contribution in [0.1, 0.15) is 36.7 Å². The normalized spacial score (nSPS) is 11.5. The fraction of sp³-hybridized carbons (Fsp3) is 0.192. The summed E-state index contributed by atoms with van der Waals surface area (Å²) in [7, 11) is 0. The van der Waals surface area contributed by atoms with Gasteiger partial charge in [-0.2, -0.15) is 0 Å². The van der Waals surface area contributed by atoms with Crippen molar-refractivity contribution in [2.45, 2.75) is 31.3 Å². The maximum absolute atomic E-state index is 12.6. The smallest absolute Gasteiger partial charge is 0.196 e. The van der Waals surface area contributed by atoms with Crippen molar-refractivity contribution >= 4 is 17.5 Å². The van der Waals surface area contributed by atoms with Gasteiger partial charge in [0.05, 0.1) is 5.75 Å². The molecule has 4 nitrogen and oxygen atoms in total. The number of aromatic nitrogens is 3. The molecule has 0 unspecified atom stereocenters. The summed E-state index contributed by atoms with van der Waals surface area (Å²) in [6, 6.07) is 27.8. The summed E-state index contributed by atoms with van der Waals surface area (Å²) in [5.74, 6) is 1.14. The number of para-hydroxylation sites is 1. The first-order valence-electron chi connectivity index (χ1n) is 10.3. The van der Waals surface area contributed by atoms with E-state index in [9.17, 15) is 4.79 Å². The van der Waals surface area contributed by atoms with E-state index < -0.39 is 0 Å². The lowest BCUT2D eigenvalue weighted by Crippen LogP contribution is -2.10. The zero-order chi connectivity index (χ0) is 21.8. The van der Waals surface area contributed by atoms with Gasteiger partial charge in [0.25, 0.3) is 0 Å². The van der Waals surface area contributed by atoms with Crippen LogP contribution in [0, 0.1) is 0 Å². The Morgan fingerprint density at radius 2 is 1.45 bits per heavy atom. The topological polar surface area (TPSA) is 47.8 Å². The standard InChI is InChI=1S/C26H25N3OS/c1-26(2,3)21-16-14-20(15-17-21)24-27-28-25(29(24)22-12-8-5-9-13-22)31-18-23(30)19-10-6-4-7-11-19/h4-17H,18H2,1-3H3. The third-order valence-corrected chi connectivity index (χ3v) is 6.01. The lowest BCUT2D eigenvalue weighted by atomic mass is 9.87. The molecular formula is C26H25N3OS. The molecule has 156 valence electrons. The van der Waals surface area contributed by atoms with E-state index in [1.54, 1.807) is 0 Å². The minimum absolute atomic E-state index is 0.0734.